The van der Waals surface area contributed by atoms with Crippen LogP contribution < -0.4 is 5.32 Å². The maximum atomic E-state index is 10.7. The Bertz CT molecular complexity index is 190. The van der Waals surface area contributed by atoms with Crippen molar-refractivity contribution in [1.29, 1.82) is 0 Å². The van der Waals surface area contributed by atoms with Crippen LogP contribution in [0.1, 0.15) is 20.3 Å². The van der Waals surface area contributed by atoms with Gasteiger partial charge in [-0.1, -0.05) is 13.8 Å². The van der Waals surface area contributed by atoms with Gasteiger partial charge in [-0.05, 0) is 12.3 Å². The van der Waals surface area contributed by atoms with Crippen LogP contribution in [0, 0.1) is 5.92 Å². The third-order valence-electron chi connectivity index (χ3n) is 1.73. The number of carbonyl (C=O) groups is 1. The van der Waals surface area contributed by atoms with E-state index in [9.17, 15) is 4.79 Å². The molecular weight excluding hydrogens is 182 g/mol. The molecule has 0 heterocycles. The highest BCUT2D eigenvalue weighted by molar-refractivity contribution is 5.81. The average Bonchev–Trinajstić information content (AvgIpc) is 2.15. The summed E-state index contributed by atoms with van der Waals surface area (Å²) in [6.07, 6.45) is 3.67. The van der Waals surface area contributed by atoms with Crippen LogP contribution in [0.3, 0.4) is 0 Å². The Morgan fingerprint density at radius 2 is 2.21 bits per heavy atom. The van der Waals surface area contributed by atoms with Crippen molar-refractivity contribution in [2.75, 3.05) is 13.7 Å². The molecule has 0 aliphatic rings. The number of rotatable bonds is 6. The minimum atomic E-state index is -0.404. The Balaban J connectivity index is 3.83. The van der Waals surface area contributed by atoms with Crippen LogP contribution in [0.15, 0.2) is 12.3 Å². The summed E-state index contributed by atoms with van der Waals surface area (Å²) in [6, 6.07) is -0.00379. The summed E-state index contributed by atoms with van der Waals surface area (Å²) >= 11 is 0. The van der Waals surface area contributed by atoms with E-state index in [4.69, 9.17) is 5.11 Å². The summed E-state index contributed by atoms with van der Waals surface area (Å²) in [5.41, 5.74) is 0. The molecule has 1 atom stereocenters. The fourth-order valence-electron chi connectivity index (χ4n) is 1.08. The maximum Gasteiger partial charge on any atom is 0.331 e. The minimum Gasteiger partial charge on any atom is -0.466 e. The third-order valence-corrected chi connectivity index (χ3v) is 1.73. The van der Waals surface area contributed by atoms with Gasteiger partial charge in [0.05, 0.1) is 13.7 Å². The molecule has 4 heteroatoms. The van der Waals surface area contributed by atoms with Gasteiger partial charge in [0.2, 0.25) is 0 Å². The molecule has 0 saturated heterocycles. The minimum absolute atomic E-state index is 0.00379. The molecule has 0 rings (SSSR count). The van der Waals surface area contributed by atoms with Gasteiger partial charge in [0, 0.05) is 18.3 Å². The highest BCUT2D eigenvalue weighted by Gasteiger charge is 2.06. The summed E-state index contributed by atoms with van der Waals surface area (Å²) in [6.45, 7) is 4.21. The summed E-state index contributed by atoms with van der Waals surface area (Å²) in [7, 11) is 1.32. The van der Waals surface area contributed by atoms with Crippen LogP contribution >= 0.6 is 0 Å². The number of esters is 1. The molecule has 0 saturated carbocycles. The number of aliphatic hydroxyl groups excluding tert-OH is 1. The summed E-state index contributed by atoms with van der Waals surface area (Å²) in [5, 5.41) is 11.9. The molecule has 0 fully saturated rings. The Labute approximate surface area is 85.0 Å². The first-order valence-corrected chi connectivity index (χ1v) is 4.71. The van der Waals surface area contributed by atoms with Gasteiger partial charge in [-0.15, -0.1) is 0 Å². The molecular formula is C10H19NO3. The summed E-state index contributed by atoms with van der Waals surface area (Å²) in [5.74, 6) is 0.102. The third kappa shape index (κ3) is 6.48. The van der Waals surface area contributed by atoms with Crippen molar-refractivity contribution in [1.82, 2.24) is 5.32 Å². The first kappa shape index (κ1) is 13.0. The van der Waals surface area contributed by atoms with Gasteiger partial charge in [0.1, 0.15) is 0 Å². The molecule has 0 aromatic carbocycles. The molecule has 82 valence electrons. The zero-order valence-electron chi connectivity index (χ0n) is 8.99. The largest absolute Gasteiger partial charge is 0.466 e. The van der Waals surface area contributed by atoms with Crippen molar-refractivity contribution in [3.8, 4) is 0 Å². The molecule has 0 aromatic heterocycles. The molecule has 0 aliphatic carbocycles. The van der Waals surface area contributed by atoms with Crippen molar-refractivity contribution >= 4 is 5.97 Å². The van der Waals surface area contributed by atoms with Gasteiger partial charge in [0.25, 0.3) is 0 Å². The molecule has 0 amide bonds. The Morgan fingerprint density at radius 1 is 1.57 bits per heavy atom. The molecule has 0 radical (unpaired) electrons. The van der Waals surface area contributed by atoms with Gasteiger partial charge in [-0.3, -0.25) is 0 Å². The van der Waals surface area contributed by atoms with E-state index < -0.39 is 5.97 Å². The van der Waals surface area contributed by atoms with Crippen molar-refractivity contribution in [3.63, 3.8) is 0 Å². The molecule has 0 aliphatic heterocycles. The number of carbonyl (C=O) groups excluding carboxylic acids is 1. The van der Waals surface area contributed by atoms with Crippen molar-refractivity contribution < 1.29 is 14.6 Å². The second-order valence-corrected chi connectivity index (χ2v) is 3.53. The predicted molar refractivity (Wildman–Crippen MR) is 54.6 cm³/mol. The van der Waals surface area contributed by atoms with Crippen LogP contribution in [0.4, 0.5) is 0 Å². The Kier molecular flexibility index (Phi) is 6.84. The van der Waals surface area contributed by atoms with E-state index in [-0.39, 0.29) is 12.6 Å². The van der Waals surface area contributed by atoms with Gasteiger partial charge >= 0.3 is 5.97 Å². The van der Waals surface area contributed by atoms with E-state index in [0.717, 1.165) is 6.42 Å². The van der Waals surface area contributed by atoms with Gasteiger partial charge in [-0.2, -0.15) is 0 Å². The van der Waals surface area contributed by atoms with Crippen molar-refractivity contribution in [3.05, 3.63) is 12.3 Å². The topological polar surface area (TPSA) is 58.6 Å². The first-order valence-electron chi connectivity index (χ1n) is 4.71. The number of methoxy groups -OCH3 is 1. The molecule has 2 N–H and O–H groups in total. The van der Waals surface area contributed by atoms with E-state index in [1.807, 2.05) is 0 Å². The molecule has 1 unspecified atom stereocenters. The normalized spacial score (nSPS) is 13.2. The number of hydrogen-bond acceptors (Lipinski definition) is 4. The lowest BCUT2D eigenvalue weighted by atomic mass is 10.0. The lowest BCUT2D eigenvalue weighted by Gasteiger charge is -2.16. The predicted octanol–water partition coefficient (Wildman–Crippen LogP) is 0.670. The lowest BCUT2D eigenvalue weighted by molar-refractivity contribution is -0.134. The van der Waals surface area contributed by atoms with E-state index in [2.05, 4.69) is 23.9 Å². The van der Waals surface area contributed by atoms with Crippen LogP contribution in [-0.4, -0.2) is 30.8 Å². The van der Waals surface area contributed by atoms with Gasteiger partial charge in [-0.25, -0.2) is 4.79 Å². The van der Waals surface area contributed by atoms with E-state index in [1.165, 1.54) is 19.4 Å². The quantitative estimate of drug-likeness (QED) is 0.490. The van der Waals surface area contributed by atoms with Gasteiger partial charge < -0.3 is 15.2 Å². The van der Waals surface area contributed by atoms with Crippen LogP contribution in [0.5, 0.6) is 0 Å². The number of ether oxygens (including phenoxy) is 1. The molecule has 0 bridgehead atoms. The van der Waals surface area contributed by atoms with E-state index in [0.29, 0.717) is 5.92 Å². The number of aliphatic hydroxyl groups is 1. The smallest absolute Gasteiger partial charge is 0.331 e. The zero-order chi connectivity index (χ0) is 11.0. The Hall–Kier alpha value is -1.03. The highest BCUT2D eigenvalue weighted by atomic mass is 16.5. The fourth-order valence-corrected chi connectivity index (χ4v) is 1.08. The number of hydrogen-bond donors (Lipinski definition) is 2. The SMILES string of the molecule is COC(=O)/C=C/NC(CO)CC(C)C. The first-order chi connectivity index (χ1) is 6.60. The monoisotopic (exact) mass is 201 g/mol. The van der Waals surface area contributed by atoms with Crippen molar-refractivity contribution in [2.24, 2.45) is 5.92 Å². The lowest BCUT2D eigenvalue weighted by Crippen LogP contribution is -2.29. The second kappa shape index (κ2) is 7.38. The maximum absolute atomic E-state index is 10.7. The molecule has 14 heavy (non-hydrogen) atoms. The average molecular weight is 201 g/mol. The molecule has 0 aromatic rings. The second-order valence-electron chi connectivity index (χ2n) is 3.53. The molecule has 4 nitrogen and oxygen atoms in total. The van der Waals surface area contributed by atoms with Crippen LogP contribution in [-0.2, 0) is 9.53 Å². The number of nitrogens with one attached hydrogen (secondary N) is 1. The van der Waals surface area contributed by atoms with Crippen LogP contribution in [0.25, 0.3) is 0 Å². The summed E-state index contributed by atoms with van der Waals surface area (Å²) in [4.78, 5) is 10.7. The standard InChI is InChI=1S/C10H19NO3/c1-8(2)6-9(7-12)11-5-4-10(13)14-3/h4-5,8-9,11-12H,6-7H2,1-3H3/b5-4+. The summed E-state index contributed by atoms with van der Waals surface area (Å²) < 4.78 is 4.42. The van der Waals surface area contributed by atoms with E-state index in [1.54, 1.807) is 0 Å². The fraction of sp³-hybridized carbons (Fsp3) is 0.700. The van der Waals surface area contributed by atoms with Crippen molar-refractivity contribution in [2.45, 2.75) is 26.3 Å². The van der Waals surface area contributed by atoms with E-state index >= 15 is 0 Å². The van der Waals surface area contributed by atoms with Gasteiger partial charge in [0.15, 0.2) is 0 Å². The zero-order valence-corrected chi connectivity index (χ0v) is 8.99. The highest BCUT2D eigenvalue weighted by Crippen LogP contribution is 2.03. The Morgan fingerprint density at radius 3 is 2.64 bits per heavy atom. The van der Waals surface area contributed by atoms with Crippen LogP contribution in [0.2, 0.25) is 0 Å². The molecule has 0 spiro atoms.